The number of anilines is 1. The first-order valence-electron chi connectivity index (χ1n) is 9.86. The van der Waals surface area contributed by atoms with Crippen molar-refractivity contribution in [3.8, 4) is 11.5 Å². The van der Waals surface area contributed by atoms with E-state index < -0.39 is 0 Å². The van der Waals surface area contributed by atoms with Crippen LogP contribution in [0.3, 0.4) is 0 Å². The molecule has 1 N–H and O–H groups in total. The van der Waals surface area contributed by atoms with Crippen molar-refractivity contribution in [2.75, 3.05) is 5.32 Å². The van der Waals surface area contributed by atoms with Crippen molar-refractivity contribution in [3.05, 3.63) is 81.1 Å². The Morgan fingerprint density at radius 2 is 1.94 bits per heavy atom. The standard InChI is InChI=1S/C23H21ClN4O2S/c1-14-6-8-16(9-7-14)22-28-27-20(30-22)11-10-19(29)26-23-25-13-18(31-23)12-17-5-3-4-15(2)21(17)24/h3-9,13H,10-12H2,1-2H3,(H,25,26,29). The van der Waals surface area contributed by atoms with Crippen molar-refractivity contribution in [3.63, 3.8) is 0 Å². The minimum Gasteiger partial charge on any atom is -0.421 e. The van der Waals surface area contributed by atoms with Gasteiger partial charge in [0.05, 0.1) is 0 Å². The zero-order valence-corrected chi connectivity index (χ0v) is 18.8. The van der Waals surface area contributed by atoms with Gasteiger partial charge in [0.1, 0.15) is 0 Å². The highest BCUT2D eigenvalue weighted by molar-refractivity contribution is 7.15. The summed E-state index contributed by atoms with van der Waals surface area (Å²) in [5.41, 5.74) is 4.11. The second kappa shape index (κ2) is 9.41. The monoisotopic (exact) mass is 452 g/mol. The Morgan fingerprint density at radius 1 is 1.13 bits per heavy atom. The van der Waals surface area contributed by atoms with E-state index in [0.717, 1.165) is 32.2 Å². The second-order valence-corrected chi connectivity index (χ2v) is 8.76. The number of nitrogens with one attached hydrogen (secondary N) is 1. The third kappa shape index (κ3) is 5.37. The Bertz CT molecular complexity index is 1200. The fourth-order valence-corrected chi connectivity index (χ4v) is 4.09. The highest BCUT2D eigenvalue weighted by atomic mass is 35.5. The van der Waals surface area contributed by atoms with Crippen molar-refractivity contribution < 1.29 is 9.21 Å². The summed E-state index contributed by atoms with van der Waals surface area (Å²) in [4.78, 5) is 17.6. The summed E-state index contributed by atoms with van der Waals surface area (Å²) in [6.45, 7) is 4.00. The number of nitrogens with zero attached hydrogens (tertiary/aromatic N) is 3. The van der Waals surface area contributed by atoms with E-state index in [2.05, 4.69) is 20.5 Å². The Balaban J connectivity index is 1.31. The number of aromatic nitrogens is 3. The molecule has 2 aromatic carbocycles. The molecule has 0 fully saturated rings. The van der Waals surface area contributed by atoms with Gasteiger partial charge < -0.3 is 9.73 Å². The summed E-state index contributed by atoms with van der Waals surface area (Å²) in [6, 6.07) is 13.8. The van der Waals surface area contributed by atoms with Gasteiger partial charge in [-0.05, 0) is 37.1 Å². The van der Waals surface area contributed by atoms with Gasteiger partial charge in [0, 0.05) is 40.9 Å². The number of benzene rings is 2. The molecule has 0 aliphatic rings. The Labute approximate surface area is 189 Å². The van der Waals surface area contributed by atoms with Gasteiger partial charge in [-0.2, -0.15) is 0 Å². The van der Waals surface area contributed by atoms with Gasteiger partial charge in [-0.3, -0.25) is 4.79 Å². The molecule has 1 amide bonds. The summed E-state index contributed by atoms with van der Waals surface area (Å²) in [5, 5.41) is 12.3. The molecule has 0 spiro atoms. The zero-order chi connectivity index (χ0) is 21.8. The molecule has 6 nitrogen and oxygen atoms in total. The van der Waals surface area contributed by atoms with Crippen LogP contribution >= 0.6 is 22.9 Å². The van der Waals surface area contributed by atoms with Crippen LogP contribution in [0.2, 0.25) is 5.02 Å². The third-order valence-electron chi connectivity index (χ3n) is 4.77. The maximum absolute atomic E-state index is 12.3. The Hall–Kier alpha value is -3.03. The van der Waals surface area contributed by atoms with Crippen molar-refractivity contribution in [1.82, 2.24) is 15.2 Å². The van der Waals surface area contributed by atoms with Crippen molar-refractivity contribution in [1.29, 1.82) is 0 Å². The number of rotatable bonds is 7. The van der Waals surface area contributed by atoms with Crippen molar-refractivity contribution >= 4 is 34.0 Å². The summed E-state index contributed by atoms with van der Waals surface area (Å²) < 4.78 is 5.67. The molecule has 8 heteroatoms. The molecule has 2 heterocycles. The number of carbonyl (C=O) groups is 1. The molecule has 31 heavy (non-hydrogen) atoms. The average Bonchev–Trinajstić information content (AvgIpc) is 3.40. The summed E-state index contributed by atoms with van der Waals surface area (Å²) in [7, 11) is 0. The number of hydrogen-bond acceptors (Lipinski definition) is 6. The largest absolute Gasteiger partial charge is 0.421 e. The second-order valence-electron chi connectivity index (χ2n) is 7.27. The first-order valence-corrected chi connectivity index (χ1v) is 11.1. The summed E-state index contributed by atoms with van der Waals surface area (Å²) in [5.74, 6) is 0.735. The number of amides is 1. The first kappa shape index (κ1) is 21.2. The predicted molar refractivity (Wildman–Crippen MR) is 123 cm³/mol. The van der Waals surface area contributed by atoms with Gasteiger partial charge in [0.25, 0.3) is 0 Å². The van der Waals surface area contributed by atoms with E-state index in [1.807, 2.05) is 56.3 Å². The smallest absolute Gasteiger partial charge is 0.247 e. The minimum atomic E-state index is -0.149. The first-order chi connectivity index (χ1) is 15.0. The van der Waals surface area contributed by atoms with Crippen LogP contribution in [0.25, 0.3) is 11.5 Å². The van der Waals surface area contributed by atoms with E-state index in [1.165, 1.54) is 11.3 Å². The van der Waals surface area contributed by atoms with Crippen LogP contribution in [-0.4, -0.2) is 21.1 Å². The number of carbonyl (C=O) groups excluding carboxylic acids is 1. The van der Waals surface area contributed by atoms with Gasteiger partial charge in [-0.25, -0.2) is 4.98 Å². The number of halogens is 1. The lowest BCUT2D eigenvalue weighted by atomic mass is 10.1. The normalized spacial score (nSPS) is 10.9. The molecule has 2 aromatic heterocycles. The highest BCUT2D eigenvalue weighted by Gasteiger charge is 2.13. The highest BCUT2D eigenvalue weighted by Crippen LogP contribution is 2.27. The van der Waals surface area contributed by atoms with Gasteiger partial charge in [-0.1, -0.05) is 47.5 Å². The molecule has 0 unspecified atom stereocenters. The molecule has 4 aromatic rings. The van der Waals surface area contributed by atoms with E-state index in [4.69, 9.17) is 16.0 Å². The molecule has 0 aliphatic carbocycles. The van der Waals surface area contributed by atoms with Crippen LogP contribution in [0.15, 0.2) is 53.1 Å². The molecule has 0 saturated heterocycles. The number of aryl methyl sites for hydroxylation is 3. The van der Waals surface area contributed by atoms with Gasteiger partial charge in [0.15, 0.2) is 5.13 Å². The summed E-state index contributed by atoms with van der Waals surface area (Å²) in [6.07, 6.45) is 3.04. The average molecular weight is 453 g/mol. The van der Waals surface area contributed by atoms with E-state index in [-0.39, 0.29) is 12.3 Å². The molecular weight excluding hydrogens is 432 g/mol. The fourth-order valence-electron chi connectivity index (χ4n) is 3.05. The molecular formula is C23H21ClN4O2S. The van der Waals surface area contributed by atoms with Crippen molar-refractivity contribution in [2.45, 2.75) is 33.1 Å². The SMILES string of the molecule is Cc1ccc(-c2nnc(CCC(=O)Nc3ncc(Cc4cccc(C)c4Cl)s3)o2)cc1. The molecule has 4 rings (SSSR count). The lowest BCUT2D eigenvalue weighted by Crippen LogP contribution is -2.12. The fraction of sp³-hybridized carbons (Fsp3) is 0.217. The third-order valence-corrected chi connectivity index (χ3v) is 6.22. The molecule has 0 saturated carbocycles. The Morgan fingerprint density at radius 3 is 2.74 bits per heavy atom. The van der Waals surface area contributed by atoms with Crippen LogP contribution in [0.1, 0.15) is 33.9 Å². The van der Waals surface area contributed by atoms with E-state index in [0.29, 0.717) is 29.8 Å². The van der Waals surface area contributed by atoms with E-state index in [9.17, 15) is 4.79 Å². The molecule has 0 aliphatic heterocycles. The topological polar surface area (TPSA) is 80.9 Å². The van der Waals surface area contributed by atoms with E-state index >= 15 is 0 Å². The lowest BCUT2D eigenvalue weighted by Gasteiger charge is -2.04. The molecule has 0 bridgehead atoms. The maximum Gasteiger partial charge on any atom is 0.247 e. The quantitative estimate of drug-likeness (QED) is 0.393. The molecule has 158 valence electrons. The maximum atomic E-state index is 12.3. The number of thiazole rings is 1. The lowest BCUT2D eigenvalue weighted by molar-refractivity contribution is -0.116. The van der Waals surface area contributed by atoms with Gasteiger partial charge in [-0.15, -0.1) is 21.5 Å². The van der Waals surface area contributed by atoms with Crippen LogP contribution < -0.4 is 5.32 Å². The van der Waals surface area contributed by atoms with Gasteiger partial charge >= 0.3 is 0 Å². The van der Waals surface area contributed by atoms with Crippen LogP contribution in [-0.2, 0) is 17.6 Å². The molecule has 0 atom stereocenters. The van der Waals surface area contributed by atoms with Crippen molar-refractivity contribution in [2.24, 2.45) is 0 Å². The van der Waals surface area contributed by atoms with Gasteiger partial charge in [0.2, 0.25) is 17.7 Å². The van der Waals surface area contributed by atoms with E-state index in [1.54, 1.807) is 6.20 Å². The minimum absolute atomic E-state index is 0.149. The summed E-state index contributed by atoms with van der Waals surface area (Å²) >= 11 is 7.82. The Kier molecular flexibility index (Phi) is 6.44. The van der Waals surface area contributed by atoms with Crippen LogP contribution in [0.5, 0.6) is 0 Å². The zero-order valence-electron chi connectivity index (χ0n) is 17.2. The predicted octanol–water partition coefficient (Wildman–Crippen LogP) is 5.63. The molecule has 0 radical (unpaired) electrons. The number of hydrogen-bond donors (Lipinski definition) is 1. The van der Waals surface area contributed by atoms with Crippen LogP contribution in [0, 0.1) is 13.8 Å². The van der Waals surface area contributed by atoms with Crippen LogP contribution in [0.4, 0.5) is 5.13 Å².